The molecular weight excluding hydrogens is 192 g/mol. The molecule has 0 amide bonds. The molecule has 0 aliphatic rings. The molecule has 0 spiro atoms. The third kappa shape index (κ3) is 8.21. The van der Waals surface area contributed by atoms with Gasteiger partial charge in [-0.05, 0) is 12.8 Å². The summed E-state index contributed by atoms with van der Waals surface area (Å²) in [6.07, 6.45) is 3.75. The van der Waals surface area contributed by atoms with E-state index in [1.807, 2.05) is 13.8 Å². The van der Waals surface area contributed by atoms with Crippen molar-refractivity contribution in [3.05, 3.63) is 0 Å². The first-order valence-corrected chi connectivity index (χ1v) is 6.01. The zero-order valence-electron chi connectivity index (χ0n) is 8.19. The van der Waals surface area contributed by atoms with E-state index in [9.17, 15) is 8.42 Å². The van der Waals surface area contributed by atoms with Crippen molar-refractivity contribution >= 4 is 10.4 Å². The van der Waals surface area contributed by atoms with Crippen molar-refractivity contribution in [3.8, 4) is 0 Å². The second-order valence-electron chi connectivity index (χ2n) is 3.08. The van der Waals surface area contributed by atoms with Gasteiger partial charge in [0.25, 0.3) is 0 Å². The zero-order chi connectivity index (χ0) is 10.3. The van der Waals surface area contributed by atoms with Crippen molar-refractivity contribution in [2.45, 2.75) is 52.1 Å². The number of hydrogen-bond donors (Lipinski definition) is 1. The number of rotatable bonds is 7. The van der Waals surface area contributed by atoms with Crippen molar-refractivity contribution in [1.82, 2.24) is 0 Å². The maximum Gasteiger partial charge on any atom is 0.397 e. The molecule has 0 aromatic rings. The highest BCUT2D eigenvalue weighted by Crippen LogP contribution is 2.12. The molecule has 0 aromatic carbocycles. The molecule has 80 valence electrons. The SMILES string of the molecule is CCCCC(CCC)OS(=O)(=O)O. The minimum absolute atomic E-state index is 0.361. The van der Waals surface area contributed by atoms with Crippen LogP contribution in [-0.4, -0.2) is 19.1 Å². The van der Waals surface area contributed by atoms with Crippen LogP contribution in [-0.2, 0) is 14.6 Å². The van der Waals surface area contributed by atoms with Gasteiger partial charge in [-0.15, -0.1) is 0 Å². The van der Waals surface area contributed by atoms with Gasteiger partial charge < -0.3 is 0 Å². The van der Waals surface area contributed by atoms with Crippen LogP contribution >= 0.6 is 0 Å². The van der Waals surface area contributed by atoms with Crippen LogP contribution in [0, 0.1) is 0 Å². The Morgan fingerprint density at radius 3 is 2.23 bits per heavy atom. The van der Waals surface area contributed by atoms with E-state index in [0.717, 1.165) is 19.3 Å². The zero-order valence-corrected chi connectivity index (χ0v) is 9.01. The minimum Gasteiger partial charge on any atom is -0.264 e. The molecule has 13 heavy (non-hydrogen) atoms. The maximum atomic E-state index is 10.4. The van der Waals surface area contributed by atoms with Crippen LogP contribution in [0.4, 0.5) is 0 Å². The Kier molecular flexibility index (Phi) is 6.28. The Bertz CT molecular complexity index is 210. The van der Waals surface area contributed by atoms with Gasteiger partial charge in [-0.25, -0.2) is 4.18 Å². The van der Waals surface area contributed by atoms with E-state index in [1.54, 1.807) is 0 Å². The van der Waals surface area contributed by atoms with Gasteiger partial charge in [-0.2, -0.15) is 8.42 Å². The second kappa shape index (κ2) is 6.34. The largest absolute Gasteiger partial charge is 0.397 e. The van der Waals surface area contributed by atoms with E-state index in [0.29, 0.717) is 12.8 Å². The monoisotopic (exact) mass is 210 g/mol. The first-order chi connectivity index (χ1) is 5.99. The lowest BCUT2D eigenvalue weighted by molar-refractivity contribution is 0.160. The summed E-state index contributed by atoms with van der Waals surface area (Å²) in [7, 11) is -4.28. The van der Waals surface area contributed by atoms with Gasteiger partial charge in [0.15, 0.2) is 0 Å². The van der Waals surface area contributed by atoms with Crippen LogP contribution in [0.1, 0.15) is 46.0 Å². The van der Waals surface area contributed by atoms with Gasteiger partial charge in [0.05, 0.1) is 6.10 Å². The summed E-state index contributed by atoms with van der Waals surface area (Å²) in [6.45, 7) is 3.97. The smallest absolute Gasteiger partial charge is 0.264 e. The van der Waals surface area contributed by atoms with Crippen LogP contribution < -0.4 is 0 Å². The van der Waals surface area contributed by atoms with E-state index in [-0.39, 0.29) is 6.10 Å². The summed E-state index contributed by atoms with van der Waals surface area (Å²) in [5.74, 6) is 0. The first kappa shape index (κ1) is 12.9. The normalized spacial score (nSPS) is 14.4. The molecule has 1 atom stereocenters. The lowest BCUT2D eigenvalue weighted by atomic mass is 10.1. The van der Waals surface area contributed by atoms with E-state index >= 15 is 0 Å². The molecule has 0 rings (SSSR count). The topological polar surface area (TPSA) is 63.6 Å². The van der Waals surface area contributed by atoms with Crippen molar-refractivity contribution in [2.75, 3.05) is 0 Å². The minimum atomic E-state index is -4.28. The summed E-state index contributed by atoms with van der Waals surface area (Å²) in [5.41, 5.74) is 0. The third-order valence-electron chi connectivity index (χ3n) is 1.75. The molecule has 0 fully saturated rings. The van der Waals surface area contributed by atoms with Crippen molar-refractivity contribution in [3.63, 3.8) is 0 Å². The van der Waals surface area contributed by atoms with E-state index < -0.39 is 10.4 Å². The molecule has 4 nitrogen and oxygen atoms in total. The average molecular weight is 210 g/mol. The summed E-state index contributed by atoms with van der Waals surface area (Å²) in [5, 5.41) is 0. The molecule has 0 aliphatic carbocycles. The molecule has 0 aliphatic heterocycles. The Labute approximate surface area is 80.2 Å². The predicted octanol–water partition coefficient (Wildman–Crippen LogP) is 2.16. The Hall–Kier alpha value is -0.130. The summed E-state index contributed by atoms with van der Waals surface area (Å²) in [6, 6.07) is 0. The first-order valence-electron chi connectivity index (χ1n) is 4.65. The van der Waals surface area contributed by atoms with E-state index in [2.05, 4.69) is 4.18 Å². The van der Waals surface area contributed by atoms with Crippen molar-refractivity contribution < 1.29 is 17.2 Å². The molecule has 5 heteroatoms. The lowest BCUT2D eigenvalue weighted by Gasteiger charge is -2.13. The molecule has 0 radical (unpaired) electrons. The Balaban J connectivity index is 3.94. The standard InChI is InChI=1S/C8H18O4S/c1-3-5-7-8(6-4-2)12-13(9,10)11/h8H,3-7H2,1-2H3,(H,9,10,11). The summed E-state index contributed by atoms with van der Waals surface area (Å²) < 4.78 is 33.8. The predicted molar refractivity (Wildman–Crippen MR) is 50.9 cm³/mol. The average Bonchev–Trinajstić information content (AvgIpc) is 1.98. The lowest BCUT2D eigenvalue weighted by Crippen LogP contribution is -2.17. The fourth-order valence-electron chi connectivity index (χ4n) is 1.17. The van der Waals surface area contributed by atoms with Crippen LogP contribution in [0.15, 0.2) is 0 Å². The van der Waals surface area contributed by atoms with Crippen LogP contribution in [0.2, 0.25) is 0 Å². The molecule has 0 bridgehead atoms. The second-order valence-corrected chi connectivity index (χ2v) is 4.12. The van der Waals surface area contributed by atoms with E-state index in [1.165, 1.54) is 0 Å². The van der Waals surface area contributed by atoms with Crippen LogP contribution in [0.3, 0.4) is 0 Å². The van der Waals surface area contributed by atoms with Gasteiger partial charge >= 0.3 is 10.4 Å². The Morgan fingerprint density at radius 1 is 1.23 bits per heavy atom. The van der Waals surface area contributed by atoms with Crippen LogP contribution in [0.25, 0.3) is 0 Å². The van der Waals surface area contributed by atoms with Gasteiger partial charge in [-0.3, -0.25) is 4.55 Å². The third-order valence-corrected chi connectivity index (χ3v) is 2.26. The summed E-state index contributed by atoms with van der Waals surface area (Å²) >= 11 is 0. The number of unbranched alkanes of at least 4 members (excludes halogenated alkanes) is 1. The number of hydrogen-bond acceptors (Lipinski definition) is 3. The molecular formula is C8H18O4S. The van der Waals surface area contributed by atoms with Gasteiger partial charge in [0, 0.05) is 0 Å². The molecule has 1 unspecified atom stereocenters. The molecule has 1 N–H and O–H groups in total. The molecule has 0 aromatic heterocycles. The van der Waals surface area contributed by atoms with Crippen molar-refractivity contribution in [2.24, 2.45) is 0 Å². The Morgan fingerprint density at radius 2 is 1.85 bits per heavy atom. The van der Waals surface area contributed by atoms with Gasteiger partial charge in [-0.1, -0.05) is 33.1 Å². The van der Waals surface area contributed by atoms with Gasteiger partial charge in [0.2, 0.25) is 0 Å². The maximum absolute atomic E-state index is 10.4. The fourth-order valence-corrected chi connectivity index (χ4v) is 1.70. The highest BCUT2D eigenvalue weighted by molar-refractivity contribution is 7.80. The molecule has 0 heterocycles. The van der Waals surface area contributed by atoms with Crippen molar-refractivity contribution in [1.29, 1.82) is 0 Å². The quantitative estimate of drug-likeness (QED) is 0.654. The van der Waals surface area contributed by atoms with E-state index in [4.69, 9.17) is 4.55 Å². The summed E-state index contributed by atoms with van der Waals surface area (Å²) in [4.78, 5) is 0. The fraction of sp³-hybridized carbons (Fsp3) is 1.00. The highest BCUT2D eigenvalue weighted by Gasteiger charge is 2.15. The molecule has 0 saturated heterocycles. The van der Waals surface area contributed by atoms with Gasteiger partial charge in [0.1, 0.15) is 0 Å². The highest BCUT2D eigenvalue weighted by atomic mass is 32.3. The molecule has 0 saturated carbocycles. The van der Waals surface area contributed by atoms with Crippen LogP contribution in [0.5, 0.6) is 0 Å².